The number of carboxylic acid groups (broad SMARTS) is 1. The Bertz CT molecular complexity index is 972. The highest BCUT2D eigenvalue weighted by Gasteiger charge is 2.28. The van der Waals surface area contributed by atoms with Crippen LogP contribution in [0.4, 0.5) is 4.79 Å². The average Bonchev–Trinajstić information content (AvgIpc) is 3.10. The van der Waals surface area contributed by atoms with Crippen molar-refractivity contribution in [3.05, 3.63) is 35.5 Å². The Hall–Kier alpha value is -1.97. The summed E-state index contributed by atoms with van der Waals surface area (Å²) in [5.41, 5.74) is 0.0715. The predicted molar refractivity (Wildman–Crippen MR) is 114 cm³/mol. The van der Waals surface area contributed by atoms with E-state index in [9.17, 15) is 13.2 Å². The summed E-state index contributed by atoms with van der Waals surface area (Å²) < 4.78 is 28.5. The zero-order valence-corrected chi connectivity index (χ0v) is 18.4. The van der Waals surface area contributed by atoms with Gasteiger partial charge in [0, 0.05) is 29.3 Å². The Morgan fingerprint density at radius 1 is 1.17 bits per heavy atom. The van der Waals surface area contributed by atoms with Gasteiger partial charge in [-0.05, 0) is 52.5 Å². The lowest BCUT2D eigenvalue weighted by Gasteiger charge is -2.27. The molecular formula is C20H27N3O4S2. The van der Waals surface area contributed by atoms with Gasteiger partial charge in [-0.1, -0.05) is 18.2 Å². The van der Waals surface area contributed by atoms with Crippen LogP contribution in [0.15, 0.2) is 35.4 Å². The molecule has 3 N–H and O–H groups in total. The Morgan fingerprint density at radius 3 is 2.45 bits per heavy atom. The first-order valence-electron chi connectivity index (χ1n) is 9.64. The number of sulfonamides is 1. The summed E-state index contributed by atoms with van der Waals surface area (Å²) in [4.78, 5) is 16.4. The molecule has 158 valence electrons. The minimum atomic E-state index is -3.67. The number of amides is 1. The van der Waals surface area contributed by atoms with E-state index < -0.39 is 21.7 Å². The minimum Gasteiger partial charge on any atom is -0.465 e. The molecule has 0 radical (unpaired) electrons. The van der Waals surface area contributed by atoms with E-state index >= 15 is 0 Å². The van der Waals surface area contributed by atoms with Crippen molar-refractivity contribution in [3.8, 4) is 10.4 Å². The zero-order chi connectivity index (χ0) is 21.2. The van der Waals surface area contributed by atoms with E-state index in [-0.39, 0.29) is 16.9 Å². The second kappa shape index (κ2) is 8.41. The third-order valence-electron chi connectivity index (χ3n) is 4.81. The zero-order valence-electron chi connectivity index (χ0n) is 16.8. The first-order chi connectivity index (χ1) is 13.5. The lowest BCUT2D eigenvalue weighted by Crippen LogP contribution is -2.40. The largest absolute Gasteiger partial charge is 0.465 e. The Balaban J connectivity index is 1.81. The molecule has 0 spiro atoms. The summed E-state index contributed by atoms with van der Waals surface area (Å²) >= 11 is 1.52. The molecule has 1 aromatic heterocycles. The number of nitrogens with zero attached hydrogens (tertiary/aromatic N) is 1. The molecule has 29 heavy (non-hydrogen) atoms. The third kappa shape index (κ3) is 5.55. The van der Waals surface area contributed by atoms with Gasteiger partial charge in [0.1, 0.15) is 0 Å². The van der Waals surface area contributed by atoms with Gasteiger partial charge >= 0.3 is 6.09 Å². The summed E-state index contributed by atoms with van der Waals surface area (Å²) in [5.74, 6) is 0.275. The van der Waals surface area contributed by atoms with Crippen LogP contribution in [0.5, 0.6) is 0 Å². The number of nitrogens with one attached hydrogen (secondary N) is 2. The van der Waals surface area contributed by atoms with Crippen molar-refractivity contribution >= 4 is 27.5 Å². The normalized spacial score (nSPS) is 20.4. The molecule has 0 atom stereocenters. The summed E-state index contributed by atoms with van der Waals surface area (Å²) in [6.07, 6.45) is 4.06. The van der Waals surface area contributed by atoms with Crippen molar-refractivity contribution in [2.75, 3.05) is 0 Å². The van der Waals surface area contributed by atoms with E-state index in [1.165, 1.54) is 11.3 Å². The fourth-order valence-electron chi connectivity index (χ4n) is 3.62. The number of thiazole rings is 1. The highest BCUT2D eigenvalue weighted by molar-refractivity contribution is 7.89. The van der Waals surface area contributed by atoms with Gasteiger partial charge in [0.2, 0.25) is 10.0 Å². The molecule has 0 aliphatic heterocycles. The van der Waals surface area contributed by atoms with Gasteiger partial charge < -0.3 is 10.4 Å². The van der Waals surface area contributed by atoms with Crippen LogP contribution in [-0.2, 0) is 10.0 Å². The molecular weight excluding hydrogens is 410 g/mol. The summed E-state index contributed by atoms with van der Waals surface area (Å²) in [6, 6.07) is 6.97. The number of rotatable bonds is 5. The van der Waals surface area contributed by atoms with Crippen LogP contribution < -0.4 is 10.0 Å². The fraction of sp³-hybridized carbons (Fsp3) is 0.500. The predicted octanol–water partition coefficient (Wildman–Crippen LogP) is 4.18. The van der Waals surface area contributed by atoms with E-state index in [2.05, 4.69) is 15.0 Å². The van der Waals surface area contributed by atoms with Crippen LogP contribution >= 0.6 is 11.3 Å². The molecule has 1 aliphatic rings. The molecule has 1 heterocycles. The van der Waals surface area contributed by atoms with Crippen LogP contribution in [0.1, 0.15) is 57.4 Å². The first-order valence-corrected chi connectivity index (χ1v) is 11.9. The number of carbonyl (C=O) groups is 1. The standard InChI is InChI=1S/C20H27N3O4S2/c1-20(2,3)23-29(26,27)17-7-5-4-6-15(17)16-12-21-18(28-16)13-8-10-14(11-9-13)22-19(24)25/h4-7,12-14,22-23H,8-11H2,1-3H3,(H,24,25). The lowest BCUT2D eigenvalue weighted by molar-refractivity contribution is 0.185. The quantitative estimate of drug-likeness (QED) is 0.650. The second-order valence-electron chi connectivity index (χ2n) is 8.41. The molecule has 1 aliphatic carbocycles. The first kappa shape index (κ1) is 21.7. The lowest BCUT2D eigenvalue weighted by atomic mass is 9.86. The maximum Gasteiger partial charge on any atom is 0.404 e. The van der Waals surface area contributed by atoms with E-state index in [0.717, 1.165) is 35.6 Å². The molecule has 1 saturated carbocycles. The highest BCUT2D eigenvalue weighted by atomic mass is 32.2. The van der Waals surface area contributed by atoms with Crippen LogP contribution in [0.2, 0.25) is 0 Å². The maximum absolute atomic E-state index is 12.9. The summed E-state index contributed by atoms with van der Waals surface area (Å²) in [7, 11) is -3.67. The summed E-state index contributed by atoms with van der Waals surface area (Å²) in [5, 5.41) is 12.4. The molecule has 0 saturated heterocycles. The minimum absolute atomic E-state index is 0.00229. The van der Waals surface area contributed by atoms with Gasteiger partial charge in [-0.2, -0.15) is 0 Å². The number of hydrogen-bond donors (Lipinski definition) is 3. The molecule has 3 rings (SSSR count). The number of benzene rings is 1. The molecule has 2 aromatic rings. The van der Waals surface area contributed by atoms with Gasteiger partial charge in [-0.3, -0.25) is 0 Å². The van der Waals surface area contributed by atoms with Crippen molar-refractivity contribution in [3.63, 3.8) is 0 Å². The fourth-order valence-corrected chi connectivity index (χ4v) is 6.46. The Morgan fingerprint density at radius 2 is 1.83 bits per heavy atom. The van der Waals surface area contributed by atoms with Crippen molar-refractivity contribution in [2.45, 2.75) is 68.8 Å². The van der Waals surface area contributed by atoms with Crippen LogP contribution in [-0.4, -0.2) is 36.2 Å². The van der Waals surface area contributed by atoms with Crippen molar-refractivity contribution in [2.24, 2.45) is 0 Å². The van der Waals surface area contributed by atoms with Crippen molar-refractivity contribution in [1.29, 1.82) is 0 Å². The number of aromatic nitrogens is 1. The van der Waals surface area contributed by atoms with Gasteiger partial charge in [0.15, 0.2) is 0 Å². The van der Waals surface area contributed by atoms with Crippen LogP contribution in [0.25, 0.3) is 10.4 Å². The smallest absolute Gasteiger partial charge is 0.404 e. The van der Waals surface area contributed by atoms with Gasteiger partial charge in [-0.25, -0.2) is 22.9 Å². The Kier molecular flexibility index (Phi) is 6.30. The van der Waals surface area contributed by atoms with E-state index in [4.69, 9.17) is 5.11 Å². The molecule has 0 unspecified atom stereocenters. The van der Waals surface area contributed by atoms with E-state index in [1.54, 1.807) is 18.3 Å². The molecule has 9 heteroatoms. The molecule has 1 fully saturated rings. The highest BCUT2D eigenvalue weighted by Crippen LogP contribution is 2.39. The maximum atomic E-state index is 12.9. The topological polar surface area (TPSA) is 108 Å². The van der Waals surface area contributed by atoms with Crippen molar-refractivity contribution in [1.82, 2.24) is 15.0 Å². The van der Waals surface area contributed by atoms with E-state index in [1.807, 2.05) is 32.9 Å². The number of hydrogen-bond acceptors (Lipinski definition) is 5. The Labute approximate surface area is 175 Å². The van der Waals surface area contributed by atoms with Gasteiger partial charge in [0.05, 0.1) is 14.8 Å². The molecule has 0 bridgehead atoms. The summed E-state index contributed by atoms with van der Waals surface area (Å²) in [6.45, 7) is 5.44. The van der Waals surface area contributed by atoms with Crippen LogP contribution in [0.3, 0.4) is 0 Å². The van der Waals surface area contributed by atoms with E-state index in [0.29, 0.717) is 5.56 Å². The molecule has 1 amide bonds. The molecule has 1 aromatic carbocycles. The molecule has 7 nitrogen and oxygen atoms in total. The SMILES string of the molecule is CC(C)(C)NS(=O)(=O)c1ccccc1-c1cnc(C2CCC(NC(=O)O)CC2)s1. The second-order valence-corrected chi connectivity index (χ2v) is 11.1. The van der Waals surface area contributed by atoms with Gasteiger partial charge in [0.25, 0.3) is 0 Å². The average molecular weight is 438 g/mol. The monoisotopic (exact) mass is 437 g/mol. The van der Waals surface area contributed by atoms with Crippen LogP contribution in [0, 0.1) is 0 Å². The third-order valence-corrected chi connectivity index (χ3v) is 7.82. The van der Waals surface area contributed by atoms with Gasteiger partial charge in [-0.15, -0.1) is 11.3 Å². The van der Waals surface area contributed by atoms with Crippen molar-refractivity contribution < 1.29 is 18.3 Å².